The SMILES string of the molecule is CCCCc1ccc(Oc2cc(C)ccc2C#N)cc1. The molecule has 2 heteroatoms. The van der Waals surface area contributed by atoms with Crippen LogP contribution in [0.25, 0.3) is 0 Å². The van der Waals surface area contributed by atoms with E-state index in [4.69, 9.17) is 10.00 Å². The van der Waals surface area contributed by atoms with E-state index in [9.17, 15) is 0 Å². The summed E-state index contributed by atoms with van der Waals surface area (Å²) in [7, 11) is 0. The predicted octanol–water partition coefficient (Wildman–Crippen LogP) is 5.00. The summed E-state index contributed by atoms with van der Waals surface area (Å²) in [6.07, 6.45) is 3.51. The number of aryl methyl sites for hydroxylation is 2. The van der Waals surface area contributed by atoms with Crippen LogP contribution in [0.2, 0.25) is 0 Å². The van der Waals surface area contributed by atoms with Gasteiger partial charge in [0.15, 0.2) is 0 Å². The third-order valence-corrected chi connectivity index (χ3v) is 3.23. The summed E-state index contributed by atoms with van der Waals surface area (Å²) >= 11 is 0. The Morgan fingerprint density at radius 2 is 1.85 bits per heavy atom. The van der Waals surface area contributed by atoms with Crippen molar-refractivity contribution >= 4 is 0 Å². The Labute approximate surface area is 120 Å². The number of hydrogen-bond donors (Lipinski definition) is 0. The molecule has 0 heterocycles. The average Bonchev–Trinajstić information content (AvgIpc) is 2.47. The van der Waals surface area contributed by atoms with Gasteiger partial charge in [-0.05, 0) is 55.2 Å². The van der Waals surface area contributed by atoms with E-state index in [1.54, 1.807) is 6.07 Å². The molecule has 0 spiro atoms. The Morgan fingerprint density at radius 3 is 2.50 bits per heavy atom. The first kappa shape index (κ1) is 14.1. The van der Waals surface area contributed by atoms with Gasteiger partial charge in [-0.2, -0.15) is 5.26 Å². The lowest BCUT2D eigenvalue weighted by atomic mass is 10.1. The lowest BCUT2D eigenvalue weighted by Gasteiger charge is -2.09. The smallest absolute Gasteiger partial charge is 0.145 e. The summed E-state index contributed by atoms with van der Waals surface area (Å²) in [5, 5.41) is 9.10. The van der Waals surface area contributed by atoms with Gasteiger partial charge in [-0.25, -0.2) is 0 Å². The van der Waals surface area contributed by atoms with Crippen LogP contribution < -0.4 is 4.74 Å². The molecule has 0 fully saturated rings. The molecule has 2 nitrogen and oxygen atoms in total. The van der Waals surface area contributed by atoms with Crippen molar-refractivity contribution in [2.24, 2.45) is 0 Å². The lowest BCUT2D eigenvalue weighted by Crippen LogP contribution is -1.90. The highest BCUT2D eigenvalue weighted by Crippen LogP contribution is 2.26. The average molecular weight is 265 g/mol. The molecule has 20 heavy (non-hydrogen) atoms. The minimum absolute atomic E-state index is 0.561. The Kier molecular flexibility index (Phi) is 4.79. The van der Waals surface area contributed by atoms with E-state index >= 15 is 0 Å². The van der Waals surface area contributed by atoms with E-state index < -0.39 is 0 Å². The first-order chi connectivity index (χ1) is 9.72. The van der Waals surface area contributed by atoms with Crippen molar-refractivity contribution in [3.63, 3.8) is 0 Å². The largest absolute Gasteiger partial charge is 0.456 e. The fourth-order valence-electron chi connectivity index (χ4n) is 2.04. The maximum Gasteiger partial charge on any atom is 0.145 e. The highest BCUT2D eigenvalue weighted by molar-refractivity contribution is 5.47. The van der Waals surface area contributed by atoms with E-state index in [-0.39, 0.29) is 0 Å². The van der Waals surface area contributed by atoms with Crippen molar-refractivity contribution in [3.05, 3.63) is 59.2 Å². The summed E-state index contributed by atoms with van der Waals surface area (Å²) in [6, 6.07) is 15.9. The highest BCUT2D eigenvalue weighted by atomic mass is 16.5. The minimum atomic E-state index is 0.561. The van der Waals surface area contributed by atoms with Gasteiger partial charge >= 0.3 is 0 Å². The number of rotatable bonds is 5. The van der Waals surface area contributed by atoms with Crippen molar-refractivity contribution < 1.29 is 4.74 Å². The molecule has 0 amide bonds. The van der Waals surface area contributed by atoms with Gasteiger partial charge in [-0.1, -0.05) is 31.5 Å². The summed E-state index contributed by atoms with van der Waals surface area (Å²) in [6.45, 7) is 4.18. The zero-order chi connectivity index (χ0) is 14.4. The molecule has 0 N–H and O–H groups in total. The standard InChI is InChI=1S/C18H19NO/c1-3-4-5-15-7-10-17(11-8-15)20-18-12-14(2)6-9-16(18)13-19/h6-12H,3-5H2,1-2H3. The van der Waals surface area contributed by atoms with Gasteiger partial charge in [0.05, 0.1) is 5.56 Å². The van der Waals surface area contributed by atoms with Gasteiger partial charge in [0.25, 0.3) is 0 Å². The van der Waals surface area contributed by atoms with Crippen LogP contribution in [0.1, 0.15) is 36.5 Å². The second-order valence-corrected chi connectivity index (χ2v) is 4.96. The summed E-state index contributed by atoms with van der Waals surface area (Å²) < 4.78 is 5.82. The normalized spacial score (nSPS) is 10.1. The molecule has 2 aromatic carbocycles. The van der Waals surface area contributed by atoms with Crippen LogP contribution in [0.5, 0.6) is 11.5 Å². The second-order valence-electron chi connectivity index (χ2n) is 4.96. The Hall–Kier alpha value is -2.27. The number of unbranched alkanes of at least 4 members (excludes halogenated alkanes) is 1. The maximum atomic E-state index is 9.10. The molecular weight excluding hydrogens is 246 g/mol. The summed E-state index contributed by atoms with van der Waals surface area (Å²) in [5.41, 5.74) is 2.97. The van der Waals surface area contributed by atoms with Crippen molar-refractivity contribution in [1.29, 1.82) is 5.26 Å². The zero-order valence-corrected chi connectivity index (χ0v) is 12.0. The van der Waals surface area contributed by atoms with Crippen molar-refractivity contribution in [1.82, 2.24) is 0 Å². The van der Waals surface area contributed by atoms with Gasteiger partial charge in [0.2, 0.25) is 0 Å². The van der Waals surface area contributed by atoms with Gasteiger partial charge in [-0.15, -0.1) is 0 Å². The molecule has 0 radical (unpaired) electrons. The molecule has 0 unspecified atom stereocenters. The Morgan fingerprint density at radius 1 is 1.10 bits per heavy atom. The van der Waals surface area contributed by atoms with Crippen LogP contribution in [0.4, 0.5) is 0 Å². The predicted molar refractivity (Wildman–Crippen MR) is 81.0 cm³/mol. The molecule has 0 aromatic heterocycles. The molecule has 0 bridgehead atoms. The van der Waals surface area contributed by atoms with Crippen LogP contribution in [-0.4, -0.2) is 0 Å². The van der Waals surface area contributed by atoms with Crippen molar-refractivity contribution in [3.8, 4) is 17.6 Å². The van der Waals surface area contributed by atoms with Crippen LogP contribution in [0.3, 0.4) is 0 Å². The van der Waals surface area contributed by atoms with Crippen LogP contribution >= 0.6 is 0 Å². The fourth-order valence-corrected chi connectivity index (χ4v) is 2.04. The molecular formula is C18H19NO. The lowest BCUT2D eigenvalue weighted by molar-refractivity contribution is 0.480. The van der Waals surface area contributed by atoms with Gasteiger partial charge < -0.3 is 4.74 Å². The molecule has 2 rings (SSSR count). The minimum Gasteiger partial charge on any atom is -0.456 e. The summed E-state index contributed by atoms with van der Waals surface area (Å²) in [4.78, 5) is 0. The summed E-state index contributed by atoms with van der Waals surface area (Å²) in [5.74, 6) is 1.39. The molecule has 0 atom stereocenters. The molecule has 0 saturated heterocycles. The first-order valence-electron chi connectivity index (χ1n) is 7.00. The van der Waals surface area contributed by atoms with Crippen molar-refractivity contribution in [2.45, 2.75) is 33.1 Å². The van der Waals surface area contributed by atoms with Gasteiger partial charge in [-0.3, -0.25) is 0 Å². The third kappa shape index (κ3) is 3.61. The number of hydrogen-bond acceptors (Lipinski definition) is 2. The van der Waals surface area contributed by atoms with E-state index in [0.29, 0.717) is 11.3 Å². The fraction of sp³-hybridized carbons (Fsp3) is 0.278. The number of benzene rings is 2. The Bertz CT molecular complexity index is 608. The van der Waals surface area contributed by atoms with E-state index in [2.05, 4.69) is 25.1 Å². The van der Waals surface area contributed by atoms with Gasteiger partial charge in [0, 0.05) is 0 Å². The zero-order valence-electron chi connectivity index (χ0n) is 12.0. The topological polar surface area (TPSA) is 33.0 Å². The maximum absolute atomic E-state index is 9.10. The Balaban J connectivity index is 2.14. The van der Waals surface area contributed by atoms with Gasteiger partial charge in [0.1, 0.15) is 17.6 Å². The van der Waals surface area contributed by atoms with Crippen LogP contribution in [-0.2, 0) is 6.42 Å². The molecule has 0 aliphatic rings. The second kappa shape index (κ2) is 6.77. The quantitative estimate of drug-likeness (QED) is 0.762. The van der Waals surface area contributed by atoms with E-state index in [0.717, 1.165) is 17.7 Å². The third-order valence-electron chi connectivity index (χ3n) is 3.23. The van der Waals surface area contributed by atoms with Crippen LogP contribution in [0.15, 0.2) is 42.5 Å². The monoisotopic (exact) mass is 265 g/mol. The number of nitriles is 1. The molecule has 0 aliphatic heterocycles. The first-order valence-corrected chi connectivity index (χ1v) is 7.00. The van der Waals surface area contributed by atoms with E-state index in [1.165, 1.54) is 18.4 Å². The molecule has 102 valence electrons. The number of ether oxygens (including phenoxy) is 1. The van der Waals surface area contributed by atoms with E-state index in [1.807, 2.05) is 31.2 Å². The number of nitrogens with zero attached hydrogens (tertiary/aromatic N) is 1. The van der Waals surface area contributed by atoms with Crippen LogP contribution in [0, 0.1) is 18.3 Å². The van der Waals surface area contributed by atoms with Crippen molar-refractivity contribution in [2.75, 3.05) is 0 Å². The molecule has 2 aromatic rings. The highest BCUT2D eigenvalue weighted by Gasteiger charge is 2.05. The molecule has 0 saturated carbocycles. The molecule has 0 aliphatic carbocycles.